The molecule has 0 aliphatic rings. The Hall–Kier alpha value is -1.89. The second-order valence-electron chi connectivity index (χ2n) is 5.02. The lowest BCUT2D eigenvalue weighted by Crippen LogP contribution is -2.36. The highest BCUT2D eigenvalue weighted by atomic mass is 35.5. The van der Waals surface area contributed by atoms with Gasteiger partial charge in [0, 0.05) is 11.6 Å². The van der Waals surface area contributed by atoms with Crippen LogP contribution in [-0.2, 0) is 26.1 Å². The van der Waals surface area contributed by atoms with E-state index in [1.54, 1.807) is 49.4 Å². The largest absolute Gasteiger partial charge is 0.465 e. The summed E-state index contributed by atoms with van der Waals surface area (Å²) < 4.78 is 31.7. The van der Waals surface area contributed by atoms with Crippen LogP contribution >= 0.6 is 11.6 Å². The molecule has 5 nitrogen and oxygen atoms in total. The SMILES string of the molecule is CCOC(=O)CN(Cc1ccc(Cl)cc1)S(=O)(=O)c1ccccc1. The molecule has 0 atom stereocenters. The van der Waals surface area contributed by atoms with Crippen molar-refractivity contribution in [3.8, 4) is 0 Å². The Bertz CT molecular complexity index is 776. The summed E-state index contributed by atoms with van der Waals surface area (Å²) in [7, 11) is -3.82. The topological polar surface area (TPSA) is 63.7 Å². The predicted octanol–water partition coefficient (Wildman–Crippen LogP) is 3.09. The van der Waals surface area contributed by atoms with E-state index in [9.17, 15) is 13.2 Å². The van der Waals surface area contributed by atoms with Crippen LogP contribution in [0.4, 0.5) is 0 Å². The van der Waals surface area contributed by atoms with E-state index in [4.69, 9.17) is 16.3 Å². The Balaban J connectivity index is 2.31. The maximum atomic E-state index is 12.8. The average molecular weight is 368 g/mol. The van der Waals surface area contributed by atoms with Crippen LogP contribution in [0, 0.1) is 0 Å². The van der Waals surface area contributed by atoms with Gasteiger partial charge in [0.25, 0.3) is 0 Å². The Labute approximate surface area is 146 Å². The number of benzene rings is 2. The minimum Gasteiger partial charge on any atom is -0.465 e. The molecule has 0 spiro atoms. The van der Waals surface area contributed by atoms with Gasteiger partial charge in [0.15, 0.2) is 0 Å². The fourth-order valence-electron chi connectivity index (χ4n) is 2.11. The number of hydrogen-bond donors (Lipinski definition) is 0. The van der Waals surface area contributed by atoms with E-state index in [0.29, 0.717) is 5.02 Å². The number of carbonyl (C=O) groups is 1. The van der Waals surface area contributed by atoms with Gasteiger partial charge in [-0.05, 0) is 36.8 Å². The molecule has 0 fully saturated rings. The molecule has 2 aromatic carbocycles. The van der Waals surface area contributed by atoms with Gasteiger partial charge in [-0.2, -0.15) is 4.31 Å². The van der Waals surface area contributed by atoms with Crippen LogP contribution in [0.3, 0.4) is 0 Å². The van der Waals surface area contributed by atoms with Gasteiger partial charge in [0.05, 0.1) is 11.5 Å². The highest BCUT2D eigenvalue weighted by Gasteiger charge is 2.27. The second-order valence-corrected chi connectivity index (χ2v) is 7.39. The van der Waals surface area contributed by atoms with Crippen LogP contribution in [-0.4, -0.2) is 31.8 Å². The van der Waals surface area contributed by atoms with Crippen LogP contribution < -0.4 is 0 Å². The molecule has 0 aliphatic carbocycles. The summed E-state index contributed by atoms with van der Waals surface area (Å²) >= 11 is 5.85. The summed E-state index contributed by atoms with van der Waals surface area (Å²) in [5.41, 5.74) is 0.725. The molecule has 24 heavy (non-hydrogen) atoms. The second kappa shape index (κ2) is 8.28. The van der Waals surface area contributed by atoms with Gasteiger partial charge < -0.3 is 4.74 Å². The molecule has 0 heterocycles. The third-order valence-electron chi connectivity index (χ3n) is 3.26. The summed E-state index contributed by atoms with van der Waals surface area (Å²) in [6.45, 7) is 1.56. The first-order chi connectivity index (χ1) is 11.4. The number of carbonyl (C=O) groups excluding carboxylic acids is 1. The number of halogens is 1. The van der Waals surface area contributed by atoms with Crippen molar-refractivity contribution < 1.29 is 17.9 Å². The van der Waals surface area contributed by atoms with Crippen molar-refractivity contribution in [1.82, 2.24) is 4.31 Å². The zero-order valence-corrected chi connectivity index (χ0v) is 14.8. The fraction of sp³-hybridized carbons (Fsp3) is 0.235. The van der Waals surface area contributed by atoms with Crippen molar-refractivity contribution in [2.24, 2.45) is 0 Å². The molecule has 0 saturated heterocycles. The molecule has 7 heteroatoms. The molecule has 0 aliphatic heterocycles. The lowest BCUT2D eigenvalue weighted by atomic mass is 10.2. The molecule has 0 amide bonds. The van der Waals surface area contributed by atoms with E-state index >= 15 is 0 Å². The van der Waals surface area contributed by atoms with E-state index < -0.39 is 16.0 Å². The molecular formula is C17H18ClNO4S. The van der Waals surface area contributed by atoms with Gasteiger partial charge in [0.2, 0.25) is 10.0 Å². The van der Waals surface area contributed by atoms with Gasteiger partial charge in [0.1, 0.15) is 6.54 Å². The fourth-order valence-corrected chi connectivity index (χ4v) is 3.63. The van der Waals surface area contributed by atoms with E-state index in [-0.39, 0.29) is 24.6 Å². The normalized spacial score (nSPS) is 11.5. The maximum Gasteiger partial charge on any atom is 0.321 e. The molecule has 0 saturated carbocycles. The Morgan fingerprint density at radius 2 is 1.71 bits per heavy atom. The molecule has 2 aromatic rings. The third kappa shape index (κ3) is 4.80. The number of hydrogen-bond acceptors (Lipinski definition) is 4. The van der Waals surface area contributed by atoms with Crippen molar-refractivity contribution >= 4 is 27.6 Å². The van der Waals surface area contributed by atoms with Crippen molar-refractivity contribution in [2.45, 2.75) is 18.4 Å². The monoisotopic (exact) mass is 367 g/mol. The minimum atomic E-state index is -3.82. The Kier molecular flexibility index (Phi) is 6.36. The predicted molar refractivity (Wildman–Crippen MR) is 92.1 cm³/mol. The van der Waals surface area contributed by atoms with Crippen LogP contribution in [0.25, 0.3) is 0 Å². The van der Waals surface area contributed by atoms with Crippen molar-refractivity contribution in [1.29, 1.82) is 0 Å². The van der Waals surface area contributed by atoms with Crippen LogP contribution in [0.1, 0.15) is 12.5 Å². The van der Waals surface area contributed by atoms with Gasteiger partial charge in [-0.25, -0.2) is 8.42 Å². The standard InChI is InChI=1S/C17H18ClNO4S/c1-2-23-17(20)13-19(12-14-8-10-15(18)11-9-14)24(21,22)16-6-4-3-5-7-16/h3-11H,2,12-13H2,1H3. The molecule has 0 N–H and O–H groups in total. The zero-order chi connectivity index (χ0) is 17.6. The summed E-state index contributed by atoms with van der Waals surface area (Å²) in [5.74, 6) is -0.592. The van der Waals surface area contributed by atoms with Crippen LogP contribution in [0.2, 0.25) is 5.02 Å². The quantitative estimate of drug-likeness (QED) is 0.705. The number of rotatable bonds is 7. The number of sulfonamides is 1. The van der Waals surface area contributed by atoms with Gasteiger partial charge in [-0.3, -0.25) is 4.79 Å². The molecule has 0 bridgehead atoms. The first kappa shape index (κ1) is 18.4. The smallest absolute Gasteiger partial charge is 0.321 e. The molecule has 2 rings (SSSR count). The molecule has 0 aromatic heterocycles. The number of nitrogens with zero attached hydrogens (tertiary/aromatic N) is 1. The Morgan fingerprint density at radius 3 is 2.29 bits per heavy atom. The lowest BCUT2D eigenvalue weighted by molar-refractivity contribution is -0.143. The highest BCUT2D eigenvalue weighted by Crippen LogP contribution is 2.19. The highest BCUT2D eigenvalue weighted by molar-refractivity contribution is 7.89. The molecule has 128 valence electrons. The summed E-state index contributed by atoms with van der Waals surface area (Å²) in [6, 6.07) is 14.8. The van der Waals surface area contributed by atoms with E-state index in [1.165, 1.54) is 12.1 Å². The van der Waals surface area contributed by atoms with Gasteiger partial charge in [-0.1, -0.05) is 41.9 Å². The van der Waals surface area contributed by atoms with Gasteiger partial charge in [-0.15, -0.1) is 0 Å². The van der Waals surface area contributed by atoms with Crippen molar-refractivity contribution in [3.63, 3.8) is 0 Å². The number of esters is 1. The summed E-state index contributed by atoms with van der Waals surface area (Å²) in [5, 5.41) is 0.557. The summed E-state index contributed by atoms with van der Waals surface area (Å²) in [4.78, 5) is 12.0. The lowest BCUT2D eigenvalue weighted by Gasteiger charge is -2.21. The Morgan fingerprint density at radius 1 is 1.08 bits per heavy atom. The van der Waals surface area contributed by atoms with Crippen LogP contribution in [0.5, 0.6) is 0 Å². The average Bonchev–Trinajstić information content (AvgIpc) is 2.57. The zero-order valence-electron chi connectivity index (χ0n) is 13.2. The summed E-state index contributed by atoms with van der Waals surface area (Å²) in [6.07, 6.45) is 0. The number of ether oxygens (including phenoxy) is 1. The first-order valence-corrected chi connectivity index (χ1v) is 9.20. The first-order valence-electron chi connectivity index (χ1n) is 7.38. The maximum absolute atomic E-state index is 12.8. The molecular weight excluding hydrogens is 350 g/mol. The third-order valence-corrected chi connectivity index (χ3v) is 5.32. The van der Waals surface area contributed by atoms with E-state index in [0.717, 1.165) is 9.87 Å². The minimum absolute atomic E-state index is 0.0488. The van der Waals surface area contributed by atoms with E-state index in [2.05, 4.69) is 0 Å². The van der Waals surface area contributed by atoms with Crippen molar-refractivity contribution in [3.05, 3.63) is 65.2 Å². The van der Waals surface area contributed by atoms with E-state index in [1.807, 2.05) is 0 Å². The van der Waals surface area contributed by atoms with Gasteiger partial charge >= 0.3 is 5.97 Å². The molecule has 0 unspecified atom stereocenters. The van der Waals surface area contributed by atoms with Crippen LogP contribution in [0.15, 0.2) is 59.5 Å². The molecule has 0 radical (unpaired) electrons. The van der Waals surface area contributed by atoms with Crippen molar-refractivity contribution in [2.75, 3.05) is 13.2 Å².